The molecule has 43 heavy (non-hydrogen) atoms. The van der Waals surface area contributed by atoms with Crippen molar-refractivity contribution in [1.82, 2.24) is 10.2 Å². The van der Waals surface area contributed by atoms with E-state index in [1.54, 1.807) is 12.1 Å². The van der Waals surface area contributed by atoms with E-state index in [-0.39, 0.29) is 11.5 Å². The smallest absolute Gasteiger partial charge is 0.379 e. The molecule has 0 bridgehead atoms. The van der Waals surface area contributed by atoms with Crippen LogP contribution in [0.5, 0.6) is 0 Å². The number of benzene rings is 3. The summed E-state index contributed by atoms with van der Waals surface area (Å²) in [5.41, 5.74) is 1.84. The fraction of sp³-hybridized carbons (Fsp3) is 0.394. The van der Waals surface area contributed by atoms with Gasteiger partial charge in [0.2, 0.25) is 0 Å². The standard InChI is InChI=1S/C33H37F3N4O3/c34-33(35,36)27-8-4-7-26(22-27)31(41)38-28-9-10-30(29(23-28)32(42)37-13-16-39-17-19-43-20-18-39)40-14-11-25(12-15-40)21-24-5-2-1-3-6-24/h1-10,22-23,25H,11-21H2,(H,37,42)(H,38,41). The first-order chi connectivity index (χ1) is 20.8. The Kier molecular flexibility index (Phi) is 9.99. The molecule has 2 saturated heterocycles. The molecule has 0 atom stereocenters. The highest BCUT2D eigenvalue weighted by molar-refractivity contribution is 6.06. The van der Waals surface area contributed by atoms with Gasteiger partial charge in [0.05, 0.1) is 24.3 Å². The Balaban J connectivity index is 1.30. The van der Waals surface area contributed by atoms with Gasteiger partial charge in [-0.3, -0.25) is 14.5 Å². The first kappa shape index (κ1) is 30.6. The maximum Gasteiger partial charge on any atom is 0.416 e. The molecule has 0 saturated carbocycles. The third kappa shape index (κ3) is 8.36. The molecule has 0 unspecified atom stereocenters. The van der Waals surface area contributed by atoms with Crippen LogP contribution < -0.4 is 15.5 Å². The molecule has 2 heterocycles. The highest BCUT2D eigenvalue weighted by Crippen LogP contribution is 2.32. The van der Waals surface area contributed by atoms with Crippen LogP contribution in [-0.4, -0.2) is 69.2 Å². The number of ether oxygens (including phenoxy) is 1. The van der Waals surface area contributed by atoms with Gasteiger partial charge in [-0.1, -0.05) is 36.4 Å². The van der Waals surface area contributed by atoms with Gasteiger partial charge in [-0.2, -0.15) is 13.2 Å². The molecular formula is C33H37F3N4O3. The van der Waals surface area contributed by atoms with Crippen LogP contribution in [0.2, 0.25) is 0 Å². The quantitative estimate of drug-likeness (QED) is 0.344. The second-order valence-electron chi connectivity index (χ2n) is 11.1. The van der Waals surface area contributed by atoms with E-state index < -0.39 is 17.6 Å². The van der Waals surface area contributed by atoms with Crippen LogP contribution in [0.25, 0.3) is 0 Å². The number of halogens is 3. The summed E-state index contributed by atoms with van der Waals surface area (Å²) in [5, 5.41) is 5.70. The number of alkyl halides is 3. The molecule has 2 N–H and O–H groups in total. The molecule has 10 heteroatoms. The van der Waals surface area contributed by atoms with E-state index >= 15 is 0 Å². The van der Waals surface area contributed by atoms with Crippen LogP contribution in [0.3, 0.4) is 0 Å². The lowest BCUT2D eigenvalue weighted by atomic mass is 9.89. The average molecular weight is 595 g/mol. The van der Waals surface area contributed by atoms with Crippen molar-refractivity contribution in [3.63, 3.8) is 0 Å². The first-order valence-electron chi connectivity index (χ1n) is 14.8. The molecule has 5 rings (SSSR count). The fourth-order valence-corrected chi connectivity index (χ4v) is 5.68. The molecule has 228 valence electrons. The number of hydrogen-bond donors (Lipinski definition) is 2. The van der Waals surface area contributed by atoms with E-state index in [2.05, 4.69) is 44.7 Å². The Morgan fingerprint density at radius 3 is 2.33 bits per heavy atom. The van der Waals surface area contributed by atoms with E-state index in [1.165, 1.54) is 17.7 Å². The van der Waals surface area contributed by atoms with Crippen LogP contribution >= 0.6 is 0 Å². The summed E-state index contributed by atoms with van der Waals surface area (Å²) < 4.78 is 45.0. The largest absolute Gasteiger partial charge is 0.416 e. The van der Waals surface area contributed by atoms with Crippen LogP contribution in [-0.2, 0) is 17.3 Å². The Hall–Kier alpha value is -3.89. The summed E-state index contributed by atoms with van der Waals surface area (Å²) in [6, 6.07) is 19.8. The van der Waals surface area contributed by atoms with Crippen molar-refractivity contribution < 1.29 is 27.5 Å². The van der Waals surface area contributed by atoms with Gasteiger partial charge in [-0.05, 0) is 67.1 Å². The number of morpholine rings is 1. The molecule has 0 spiro atoms. The molecule has 3 aromatic carbocycles. The van der Waals surface area contributed by atoms with E-state index in [1.807, 2.05) is 12.1 Å². The summed E-state index contributed by atoms with van der Waals surface area (Å²) >= 11 is 0. The lowest BCUT2D eigenvalue weighted by molar-refractivity contribution is -0.137. The zero-order valence-electron chi connectivity index (χ0n) is 24.0. The summed E-state index contributed by atoms with van der Waals surface area (Å²) in [4.78, 5) is 30.8. The Morgan fingerprint density at radius 1 is 0.860 bits per heavy atom. The molecule has 3 aromatic rings. The monoisotopic (exact) mass is 594 g/mol. The third-order valence-corrected chi connectivity index (χ3v) is 8.09. The van der Waals surface area contributed by atoms with Gasteiger partial charge in [0.15, 0.2) is 0 Å². The third-order valence-electron chi connectivity index (χ3n) is 8.09. The molecule has 7 nitrogen and oxygen atoms in total. The summed E-state index contributed by atoms with van der Waals surface area (Å²) in [6.45, 7) is 5.71. The molecular weight excluding hydrogens is 557 g/mol. The van der Waals surface area contributed by atoms with Gasteiger partial charge in [0.25, 0.3) is 11.8 Å². The van der Waals surface area contributed by atoms with E-state index in [9.17, 15) is 22.8 Å². The highest BCUT2D eigenvalue weighted by atomic mass is 19.4. The predicted octanol–water partition coefficient (Wildman–Crippen LogP) is 5.48. The molecule has 0 aromatic heterocycles. The van der Waals surface area contributed by atoms with Gasteiger partial charge >= 0.3 is 6.18 Å². The molecule has 2 amide bonds. The van der Waals surface area contributed by atoms with Crippen molar-refractivity contribution in [2.75, 3.05) is 62.7 Å². The van der Waals surface area contributed by atoms with Crippen molar-refractivity contribution in [1.29, 1.82) is 0 Å². The van der Waals surface area contributed by atoms with Crippen molar-refractivity contribution in [2.45, 2.75) is 25.4 Å². The number of piperidine rings is 1. The molecule has 0 aliphatic carbocycles. The lowest BCUT2D eigenvalue weighted by Gasteiger charge is -2.35. The summed E-state index contributed by atoms with van der Waals surface area (Å²) in [6.07, 6.45) is -1.56. The van der Waals surface area contributed by atoms with E-state index in [4.69, 9.17) is 4.74 Å². The number of nitrogens with zero attached hydrogens (tertiary/aromatic N) is 2. The molecule has 2 aliphatic rings. The minimum absolute atomic E-state index is 0.115. The van der Waals surface area contributed by atoms with Crippen LogP contribution in [0, 0.1) is 5.92 Å². The lowest BCUT2D eigenvalue weighted by Crippen LogP contribution is -2.41. The van der Waals surface area contributed by atoms with Crippen LogP contribution in [0.1, 0.15) is 44.7 Å². The van der Waals surface area contributed by atoms with Crippen molar-refractivity contribution >= 4 is 23.2 Å². The van der Waals surface area contributed by atoms with E-state index in [0.29, 0.717) is 43.5 Å². The maximum atomic E-state index is 13.5. The number of anilines is 2. The topological polar surface area (TPSA) is 73.9 Å². The van der Waals surface area contributed by atoms with Crippen LogP contribution in [0.4, 0.5) is 24.5 Å². The zero-order chi connectivity index (χ0) is 30.2. The number of nitrogens with one attached hydrogen (secondary N) is 2. The zero-order valence-corrected chi connectivity index (χ0v) is 24.0. The predicted molar refractivity (Wildman–Crippen MR) is 161 cm³/mol. The second kappa shape index (κ2) is 14.1. The van der Waals surface area contributed by atoms with Gasteiger partial charge in [-0.25, -0.2) is 0 Å². The number of carbonyl (C=O) groups is 2. The summed E-state index contributed by atoms with van der Waals surface area (Å²) in [5.74, 6) is -0.389. The van der Waals surface area contributed by atoms with Gasteiger partial charge < -0.3 is 20.3 Å². The molecule has 2 fully saturated rings. The fourth-order valence-electron chi connectivity index (χ4n) is 5.68. The number of hydrogen-bond acceptors (Lipinski definition) is 5. The Labute approximate surface area is 250 Å². The van der Waals surface area contributed by atoms with Gasteiger partial charge in [0.1, 0.15) is 0 Å². The first-order valence-corrected chi connectivity index (χ1v) is 14.8. The minimum Gasteiger partial charge on any atom is -0.379 e. The van der Waals surface area contributed by atoms with Crippen molar-refractivity contribution in [3.05, 3.63) is 95.1 Å². The minimum atomic E-state index is -4.56. The summed E-state index contributed by atoms with van der Waals surface area (Å²) in [7, 11) is 0. The van der Waals surface area contributed by atoms with E-state index in [0.717, 1.165) is 63.3 Å². The van der Waals surface area contributed by atoms with Gasteiger partial charge in [-0.15, -0.1) is 0 Å². The number of carbonyl (C=O) groups excluding carboxylic acids is 2. The maximum absolute atomic E-state index is 13.5. The second-order valence-corrected chi connectivity index (χ2v) is 11.1. The molecule has 2 aliphatic heterocycles. The highest BCUT2D eigenvalue weighted by Gasteiger charge is 2.31. The van der Waals surface area contributed by atoms with Crippen molar-refractivity contribution in [2.24, 2.45) is 5.92 Å². The molecule has 0 radical (unpaired) electrons. The Bertz CT molecular complexity index is 1390. The number of amides is 2. The normalized spacial score (nSPS) is 16.6. The average Bonchev–Trinajstić information content (AvgIpc) is 3.02. The number of rotatable bonds is 9. The SMILES string of the molecule is O=C(Nc1ccc(N2CCC(Cc3ccccc3)CC2)c(C(=O)NCCN2CCOCC2)c1)c1cccc(C(F)(F)F)c1. The van der Waals surface area contributed by atoms with Gasteiger partial charge in [0, 0.05) is 56.2 Å². The van der Waals surface area contributed by atoms with Crippen LogP contribution in [0.15, 0.2) is 72.8 Å². The Morgan fingerprint density at radius 2 is 1.60 bits per heavy atom. The van der Waals surface area contributed by atoms with Crippen molar-refractivity contribution in [3.8, 4) is 0 Å².